The van der Waals surface area contributed by atoms with Crippen LogP contribution in [-0.4, -0.2) is 34.2 Å². The summed E-state index contributed by atoms with van der Waals surface area (Å²) < 4.78 is 0. The van der Waals surface area contributed by atoms with Crippen LogP contribution in [-0.2, 0) is 0 Å². The lowest BCUT2D eigenvalue weighted by Gasteiger charge is -2.33. The van der Waals surface area contributed by atoms with Gasteiger partial charge in [0.15, 0.2) is 0 Å². The highest BCUT2D eigenvalue weighted by atomic mass is 16.4. The van der Waals surface area contributed by atoms with Gasteiger partial charge in [0.25, 0.3) is 0 Å². The van der Waals surface area contributed by atoms with Gasteiger partial charge in [-0.2, -0.15) is 0 Å². The zero-order valence-electron chi connectivity index (χ0n) is 8.29. The largest absolute Gasteiger partial charge is 0.465 e. The fourth-order valence-electron chi connectivity index (χ4n) is 2.14. The summed E-state index contributed by atoms with van der Waals surface area (Å²) in [5.74, 6) is 0. The second-order valence-corrected chi connectivity index (χ2v) is 4.23. The SMILES string of the molecule is CC1(C)CCC(CCN)N1C(=O)O. The van der Waals surface area contributed by atoms with Crippen LogP contribution in [0.1, 0.15) is 33.1 Å². The number of carbonyl (C=O) groups is 1. The molecule has 0 aromatic heterocycles. The quantitative estimate of drug-likeness (QED) is 0.682. The molecule has 4 nitrogen and oxygen atoms in total. The van der Waals surface area contributed by atoms with Crippen LogP contribution in [0.3, 0.4) is 0 Å². The molecule has 1 fully saturated rings. The van der Waals surface area contributed by atoms with Gasteiger partial charge >= 0.3 is 6.09 Å². The molecule has 0 bridgehead atoms. The summed E-state index contributed by atoms with van der Waals surface area (Å²) in [6.45, 7) is 4.50. The van der Waals surface area contributed by atoms with Crippen molar-refractivity contribution in [1.29, 1.82) is 0 Å². The van der Waals surface area contributed by atoms with Crippen molar-refractivity contribution < 1.29 is 9.90 Å². The van der Waals surface area contributed by atoms with Gasteiger partial charge in [0, 0.05) is 11.6 Å². The first-order chi connectivity index (χ1) is 5.99. The molecular formula is C9H18N2O2. The van der Waals surface area contributed by atoms with Gasteiger partial charge in [0.05, 0.1) is 0 Å². The molecule has 76 valence electrons. The number of hydrogen-bond donors (Lipinski definition) is 2. The maximum atomic E-state index is 11.0. The first-order valence-corrected chi connectivity index (χ1v) is 4.71. The Morgan fingerprint density at radius 3 is 2.77 bits per heavy atom. The molecule has 3 N–H and O–H groups in total. The molecule has 0 aromatic rings. The lowest BCUT2D eigenvalue weighted by molar-refractivity contribution is 0.0944. The number of likely N-dealkylation sites (tertiary alicyclic amines) is 1. The van der Waals surface area contributed by atoms with Crippen molar-refractivity contribution in [2.75, 3.05) is 6.54 Å². The van der Waals surface area contributed by atoms with Crippen LogP contribution < -0.4 is 5.73 Å². The predicted molar refractivity (Wildman–Crippen MR) is 50.6 cm³/mol. The summed E-state index contributed by atoms with van der Waals surface area (Å²) in [5, 5.41) is 9.03. The maximum absolute atomic E-state index is 11.0. The Hall–Kier alpha value is -0.770. The average Bonchev–Trinajstić information content (AvgIpc) is 2.26. The summed E-state index contributed by atoms with van der Waals surface area (Å²) in [6, 6.07) is 0.123. The van der Waals surface area contributed by atoms with E-state index < -0.39 is 6.09 Å². The lowest BCUT2D eigenvalue weighted by atomic mass is 10.0. The van der Waals surface area contributed by atoms with Gasteiger partial charge in [-0.05, 0) is 39.7 Å². The number of nitrogens with zero attached hydrogens (tertiary/aromatic N) is 1. The Bertz CT molecular complexity index is 204. The third-order valence-corrected chi connectivity index (χ3v) is 2.81. The summed E-state index contributed by atoms with van der Waals surface area (Å²) in [4.78, 5) is 12.5. The highest BCUT2D eigenvalue weighted by Crippen LogP contribution is 2.34. The molecule has 1 rings (SSSR count). The first kappa shape index (κ1) is 10.3. The van der Waals surface area contributed by atoms with E-state index in [1.165, 1.54) is 0 Å². The van der Waals surface area contributed by atoms with Crippen molar-refractivity contribution in [3.05, 3.63) is 0 Å². The molecule has 0 aromatic carbocycles. The van der Waals surface area contributed by atoms with Crippen molar-refractivity contribution >= 4 is 6.09 Å². The number of carboxylic acid groups (broad SMARTS) is 1. The Balaban J connectivity index is 2.73. The second kappa shape index (κ2) is 3.54. The van der Waals surface area contributed by atoms with Gasteiger partial charge in [-0.3, -0.25) is 0 Å². The zero-order valence-corrected chi connectivity index (χ0v) is 8.29. The molecule has 13 heavy (non-hydrogen) atoms. The van der Waals surface area contributed by atoms with Crippen LogP contribution in [0.25, 0.3) is 0 Å². The minimum Gasteiger partial charge on any atom is -0.465 e. The predicted octanol–water partition coefficient (Wildman–Crippen LogP) is 1.26. The molecule has 1 amide bonds. The molecular weight excluding hydrogens is 168 g/mol. The summed E-state index contributed by atoms with van der Waals surface area (Å²) >= 11 is 0. The van der Waals surface area contributed by atoms with E-state index in [-0.39, 0.29) is 11.6 Å². The average molecular weight is 186 g/mol. The van der Waals surface area contributed by atoms with Gasteiger partial charge in [-0.1, -0.05) is 0 Å². The van der Waals surface area contributed by atoms with E-state index in [1.807, 2.05) is 13.8 Å². The number of hydrogen-bond acceptors (Lipinski definition) is 2. The molecule has 1 heterocycles. The molecule has 0 aliphatic carbocycles. The molecule has 0 saturated carbocycles. The van der Waals surface area contributed by atoms with E-state index in [0.717, 1.165) is 19.3 Å². The van der Waals surface area contributed by atoms with Crippen LogP contribution >= 0.6 is 0 Å². The normalized spacial score (nSPS) is 26.4. The standard InChI is InChI=1S/C9H18N2O2/c1-9(2)5-3-7(4-6-10)11(9)8(12)13/h7H,3-6,10H2,1-2H3,(H,12,13). The van der Waals surface area contributed by atoms with E-state index in [2.05, 4.69) is 0 Å². The minimum absolute atomic E-state index is 0.123. The number of nitrogens with two attached hydrogens (primary N) is 1. The zero-order chi connectivity index (χ0) is 10.1. The molecule has 0 spiro atoms. The Labute approximate surface area is 78.7 Å². The Morgan fingerprint density at radius 1 is 1.69 bits per heavy atom. The van der Waals surface area contributed by atoms with Crippen molar-refractivity contribution in [3.8, 4) is 0 Å². The van der Waals surface area contributed by atoms with Crippen LogP contribution in [0.2, 0.25) is 0 Å². The monoisotopic (exact) mass is 186 g/mol. The third kappa shape index (κ3) is 1.94. The van der Waals surface area contributed by atoms with Crippen molar-refractivity contribution in [1.82, 2.24) is 4.90 Å². The maximum Gasteiger partial charge on any atom is 0.407 e. The van der Waals surface area contributed by atoms with E-state index in [4.69, 9.17) is 10.8 Å². The lowest BCUT2D eigenvalue weighted by Crippen LogP contribution is -2.46. The Morgan fingerprint density at radius 2 is 2.31 bits per heavy atom. The first-order valence-electron chi connectivity index (χ1n) is 4.71. The van der Waals surface area contributed by atoms with E-state index >= 15 is 0 Å². The fraction of sp³-hybridized carbons (Fsp3) is 0.889. The molecule has 1 unspecified atom stereocenters. The molecule has 1 saturated heterocycles. The van der Waals surface area contributed by atoms with Crippen LogP contribution in [0, 0.1) is 0 Å². The third-order valence-electron chi connectivity index (χ3n) is 2.81. The van der Waals surface area contributed by atoms with Gasteiger partial charge in [0.2, 0.25) is 0 Å². The van der Waals surface area contributed by atoms with Gasteiger partial charge in [-0.25, -0.2) is 4.79 Å². The summed E-state index contributed by atoms with van der Waals surface area (Å²) in [5.41, 5.74) is 5.22. The minimum atomic E-state index is -0.819. The topological polar surface area (TPSA) is 66.6 Å². The van der Waals surface area contributed by atoms with Crippen LogP contribution in [0.15, 0.2) is 0 Å². The summed E-state index contributed by atoms with van der Waals surface area (Å²) in [6.07, 6.45) is 1.83. The van der Waals surface area contributed by atoms with Crippen LogP contribution in [0.4, 0.5) is 4.79 Å². The smallest absolute Gasteiger partial charge is 0.407 e. The highest BCUT2D eigenvalue weighted by molar-refractivity contribution is 5.67. The van der Waals surface area contributed by atoms with Gasteiger partial charge in [0.1, 0.15) is 0 Å². The molecule has 0 radical (unpaired) electrons. The second-order valence-electron chi connectivity index (χ2n) is 4.23. The van der Waals surface area contributed by atoms with Crippen molar-refractivity contribution in [2.45, 2.75) is 44.7 Å². The highest BCUT2D eigenvalue weighted by Gasteiger charge is 2.41. The number of amides is 1. The number of rotatable bonds is 2. The van der Waals surface area contributed by atoms with E-state index in [9.17, 15) is 4.79 Å². The molecule has 1 aliphatic heterocycles. The Kier molecular flexibility index (Phi) is 2.81. The van der Waals surface area contributed by atoms with E-state index in [1.54, 1.807) is 4.90 Å². The van der Waals surface area contributed by atoms with Crippen LogP contribution in [0.5, 0.6) is 0 Å². The van der Waals surface area contributed by atoms with Gasteiger partial charge < -0.3 is 15.7 Å². The molecule has 1 aliphatic rings. The molecule has 4 heteroatoms. The summed E-state index contributed by atoms with van der Waals surface area (Å²) in [7, 11) is 0. The van der Waals surface area contributed by atoms with Crippen molar-refractivity contribution in [3.63, 3.8) is 0 Å². The molecule has 1 atom stereocenters. The van der Waals surface area contributed by atoms with Gasteiger partial charge in [-0.15, -0.1) is 0 Å². The van der Waals surface area contributed by atoms with E-state index in [0.29, 0.717) is 6.54 Å². The fourth-order valence-corrected chi connectivity index (χ4v) is 2.14. The van der Waals surface area contributed by atoms with Crippen molar-refractivity contribution in [2.24, 2.45) is 5.73 Å².